The molecular weight excluding hydrogens is 216 g/mol. The Morgan fingerprint density at radius 2 is 2.06 bits per heavy atom. The van der Waals surface area contributed by atoms with Crippen LogP contribution in [0.2, 0.25) is 0 Å². The third-order valence-electron chi connectivity index (χ3n) is 3.70. The third kappa shape index (κ3) is 3.46. The fourth-order valence-electron chi connectivity index (χ4n) is 2.46. The molecule has 2 unspecified atom stereocenters. The summed E-state index contributed by atoms with van der Waals surface area (Å²) in [6.07, 6.45) is 12.9. The minimum absolute atomic E-state index is 0.526. The third-order valence-corrected chi connectivity index (χ3v) is 3.70. The molecule has 18 heavy (non-hydrogen) atoms. The highest BCUT2D eigenvalue weighted by Gasteiger charge is 2.13. The summed E-state index contributed by atoms with van der Waals surface area (Å²) in [7, 11) is 0. The van der Waals surface area contributed by atoms with E-state index in [-0.39, 0.29) is 0 Å². The van der Waals surface area contributed by atoms with E-state index in [0.717, 1.165) is 0 Å². The molecule has 0 spiro atoms. The maximum Gasteiger partial charge on any atom is -0.00472 e. The lowest BCUT2D eigenvalue weighted by atomic mass is 9.84. The fraction of sp³-hybridized carbons (Fsp3) is 0.333. The maximum absolute atomic E-state index is 3.90. The van der Waals surface area contributed by atoms with E-state index >= 15 is 0 Å². The molecule has 0 nitrogen and oxygen atoms in total. The highest BCUT2D eigenvalue weighted by molar-refractivity contribution is 5.49. The Hall–Kier alpha value is -1.56. The Balaban J connectivity index is 2.05. The Labute approximate surface area is 111 Å². The predicted molar refractivity (Wildman–Crippen MR) is 80.3 cm³/mol. The van der Waals surface area contributed by atoms with Crippen molar-refractivity contribution in [1.82, 2.24) is 0 Å². The summed E-state index contributed by atoms with van der Waals surface area (Å²) in [5.41, 5.74) is 2.84. The molecule has 0 heteroatoms. The average Bonchev–Trinajstić information content (AvgIpc) is 2.45. The van der Waals surface area contributed by atoms with Gasteiger partial charge in [0, 0.05) is 0 Å². The fourth-order valence-corrected chi connectivity index (χ4v) is 2.46. The number of allylic oxidation sites excluding steroid dienone is 4. The van der Waals surface area contributed by atoms with Crippen molar-refractivity contribution in [3.8, 4) is 0 Å². The summed E-state index contributed by atoms with van der Waals surface area (Å²) in [6.45, 7) is 6.13. The first-order valence-electron chi connectivity index (χ1n) is 6.86. The van der Waals surface area contributed by atoms with Gasteiger partial charge in [-0.15, -0.1) is 6.58 Å². The molecule has 0 heterocycles. The second-order valence-corrected chi connectivity index (χ2v) is 5.09. The molecule has 0 fully saturated rings. The van der Waals surface area contributed by atoms with Crippen LogP contribution in [0.5, 0.6) is 0 Å². The summed E-state index contributed by atoms with van der Waals surface area (Å²) in [5, 5.41) is 0. The van der Waals surface area contributed by atoms with Crippen LogP contribution in [0.3, 0.4) is 0 Å². The van der Waals surface area contributed by atoms with Crippen LogP contribution in [-0.4, -0.2) is 0 Å². The van der Waals surface area contributed by atoms with Crippen LogP contribution >= 0.6 is 0 Å². The molecule has 0 aromatic heterocycles. The summed E-state index contributed by atoms with van der Waals surface area (Å²) in [4.78, 5) is 0. The first-order valence-corrected chi connectivity index (χ1v) is 6.86. The minimum Gasteiger partial charge on any atom is -0.102 e. The van der Waals surface area contributed by atoms with E-state index in [2.05, 4.69) is 68.1 Å². The van der Waals surface area contributed by atoms with Gasteiger partial charge in [0.25, 0.3) is 0 Å². The molecule has 2 rings (SSSR count). The highest BCUT2D eigenvalue weighted by atomic mass is 14.2. The lowest BCUT2D eigenvalue weighted by molar-refractivity contribution is 0.580. The molecule has 1 aliphatic carbocycles. The molecule has 94 valence electrons. The van der Waals surface area contributed by atoms with Gasteiger partial charge in [0.1, 0.15) is 0 Å². The molecular formula is C18H22. The van der Waals surface area contributed by atoms with Crippen molar-refractivity contribution in [1.29, 1.82) is 0 Å². The zero-order valence-electron chi connectivity index (χ0n) is 11.2. The van der Waals surface area contributed by atoms with Crippen molar-refractivity contribution in [2.75, 3.05) is 0 Å². The first kappa shape index (κ1) is 12.9. The normalized spacial score (nSPS) is 21.6. The maximum atomic E-state index is 3.90. The second-order valence-electron chi connectivity index (χ2n) is 5.09. The Morgan fingerprint density at radius 1 is 1.28 bits per heavy atom. The van der Waals surface area contributed by atoms with E-state index in [1.165, 1.54) is 24.8 Å². The minimum atomic E-state index is 0.526. The lowest BCUT2D eigenvalue weighted by Gasteiger charge is -2.21. The van der Waals surface area contributed by atoms with Gasteiger partial charge in [-0.3, -0.25) is 0 Å². The van der Waals surface area contributed by atoms with Crippen molar-refractivity contribution in [2.24, 2.45) is 11.8 Å². The predicted octanol–water partition coefficient (Wildman–Crippen LogP) is 5.25. The van der Waals surface area contributed by atoms with Crippen molar-refractivity contribution in [3.63, 3.8) is 0 Å². The first-order chi connectivity index (χ1) is 8.79. The van der Waals surface area contributed by atoms with Gasteiger partial charge in [-0.2, -0.15) is 0 Å². The molecule has 0 saturated carbocycles. The lowest BCUT2D eigenvalue weighted by Crippen LogP contribution is -2.06. The van der Waals surface area contributed by atoms with E-state index in [9.17, 15) is 0 Å². The second kappa shape index (κ2) is 6.39. The quantitative estimate of drug-likeness (QED) is 0.629. The van der Waals surface area contributed by atoms with Crippen LogP contribution in [0.15, 0.2) is 60.7 Å². The largest absolute Gasteiger partial charge is 0.102 e. The molecule has 0 bridgehead atoms. The van der Waals surface area contributed by atoms with Crippen LogP contribution in [-0.2, 0) is 0 Å². The number of hydrogen-bond donors (Lipinski definition) is 0. The average molecular weight is 238 g/mol. The van der Waals surface area contributed by atoms with Crippen molar-refractivity contribution >= 4 is 6.08 Å². The smallest absolute Gasteiger partial charge is 0.00472 e. The summed E-state index contributed by atoms with van der Waals surface area (Å²) >= 11 is 0. The van der Waals surface area contributed by atoms with Crippen LogP contribution in [0, 0.1) is 11.8 Å². The van der Waals surface area contributed by atoms with Gasteiger partial charge in [-0.25, -0.2) is 0 Å². The van der Waals surface area contributed by atoms with Gasteiger partial charge in [-0.05, 0) is 36.7 Å². The van der Waals surface area contributed by atoms with Crippen LogP contribution in [0.4, 0.5) is 0 Å². The molecule has 1 aliphatic rings. The summed E-state index contributed by atoms with van der Waals surface area (Å²) < 4.78 is 0. The molecule has 1 aromatic carbocycles. The monoisotopic (exact) mass is 238 g/mol. The highest BCUT2D eigenvalue weighted by Crippen LogP contribution is 2.29. The molecule has 0 N–H and O–H groups in total. The van der Waals surface area contributed by atoms with Crippen molar-refractivity contribution < 1.29 is 0 Å². The standard InChI is InChI=1S/C18H22/c1-3-15(2)18-11-7-10-17(14-18)13-12-16-8-5-4-6-9-16/h3-6,8-9,12-15,17H,1,7,10-11H2,2H3/b13-12-. The van der Waals surface area contributed by atoms with Gasteiger partial charge < -0.3 is 0 Å². The Bertz CT molecular complexity index is 436. The van der Waals surface area contributed by atoms with E-state index < -0.39 is 0 Å². The number of benzene rings is 1. The molecule has 2 atom stereocenters. The molecule has 0 amide bonds. The van der Waals surface area contributed by atoms with Gasteiger partial charge in [0.15, 0.2) is 0 Å². The summed E-state index contributed by atoms with van der Waals surface area (Å²) in [5.74, 6) is 1.12. The van der Waals surface area contributed by atoms with Gasteiger partial charge in [-0.1, -0.05) is 67.1 Å². The van der Waals surface area contributed by atoms with Crippen LogP contribution in [0.25, 0.3) is 6.08 Å². The van der Waals surface area contributed by atoms with E-state index in [1.54, 1.807) is 5.57 Å². The Kier molecular flexibility index (Phi) is 4.58. The molecule has 0 aliphatic heterocycles. The van der Waals surface area contributed by atoms with Crippen molar-refractivity contribution in [3.05, 3.63) is 66.3 Å². The topological polar surface area (TPSA) is 0 Å². The SMILES string of the molecule is C=CC(C)C1=CC(/C=C\c2ccccc2)CCC1. The molecule has 0 saturated heterocycles. The van der Waals surface area contributed by atoms with Gasteiger partial charge >= 0.3 is 0 Å². The van der Waals surface area contributed by atoms with Gasteiger partial charge in [0.05, 0.1) is 0 Å². The molecule has 0 radical (unpaired) electrons. The van der Waals surface area contributed by atoms with Gasteiger partial charge in [0.2, 0.25) is 0 Å². The summed E-state index contributed by atoms with van der Waals surface area (Å²) in [6, 6.07) is 10.5. The Morgan fingerprint density at radius 3 is 2.78 bits per heavy atom. The zero-order valence-corrected chi connectivity index (χ0v) is 11.2. The number of hydrogen-bond acceptors (Lipinski definition) is 0. The van der Waals surface area contributed by atoms with E-state index in [1.807, 2.05) is 0 Å². The molecule has 1 aromatic rings. The van der Waals surface area contributed by atoms with Crippen LogP contribution in [0.1, 0.15) is 31.7 Å². The van der Waals surface area contributed by atoms with Crippen LogP contribution < -0.4 is 0 Å². The van der Waals surface area contributed by atoms with E-state index in [0.29, 0.717) is 11.8 Å². The van der Waals surface area contributed by atoms with E-state index in [4.69, 9.17) is 0 Å². The van der Waals surface area contributed by atoms with Crippen molar-refractivity contribution in [2.45, 2.75) is 26.2 Å². The zero-order chi connectivity index (χ0) is 12.8. The number of rotatable bonds is 4.